The van der Waals surface area contributed by atoms with Gasteiger partial charge in [-0.1, -0.05) is 11.6 Å². The van der Waals surface area contributed by atoms with Gasteiger partial charge < -0.3 is 9.80 Å². The van der Waals surface area contributed by atoms with Gasteiger partial charge in [-0.2, -0.15) is 0 Å². The molecule has 6 heteroatoms. The largest absolute Gasteiger partial charge is 0.342 e. The van der Waals surface area contributed by atoms with Crippen molar-refractivity contribution < 1.29 is 9.59 Å². The zero-order valence-electron chi connectivity index (χ0n) is 10.3. The molecular weight excluding hydrogens is 254 g/mol. The van der Waals surface area contributed by atoms with Gasteiger partial charge in [0, 0.05) is 32.0 Å². The van der Waals surface area contributed by atoms with Gasteiger partial charge in [0.1, 0.15) is 6.54 Å². The van der Waals surface area contributed by atoms with E-state index in [0.717, 1.165) is 5.69 Å². The molecule has 1 fully saturated rings. The molecule has 2 rings (SSSR count). The fraction of sp³-hybridized carbons (Fsp3) is 0.417. The number of piperazine rings is 1. The first-order chi connectivity index (χ1) is 8.49. The van der Waals surface area contributed by atoms with Gasteiger partial charge >= 0.3 is 0 Å². The van der Waals surface area contributed by atoms with Gasteiger partial charge in [0.15, 0.2) is 0 Å². The van der Waals surface area contributed by atoms with Crippen molar-refractivity contribution in [1.29, 1.82) is 0 Å². The Morgan fingerprint density at radius 1 is 1.44 bits per heavy atom. The molecule has 1 aromatic rings. The average Bonchev–Trinajstić information content (AvgIpc) is 2.32. The minimum Gasteiger partial charge on any atom is -0.342 e. The van der Waals surface area contributed by atoms with Crippen LogP contribution in [0.25, 0.3) is 0 Å². The normalized spacial score (nSPS) is 16.1. The maximum atomic E-state index is 12.2. The van der Waals surface area contributed by atoms with Crippen molar-refractivity contribution in [1.82, 2.24) is 14.8 Å². The third-order valence-corrected chi connectivity index (χ3v) is 3.28. The lowest BCUT2D eigenvalue weighted by molar-refractivity contribution is -0.133. The lowest BCUT2D eigenvalue weighted by Gasteiger charge is -2.32. The van der Waals surface area contributed by atoms with E-state index in [2.05, 4.69) is 4.98 Å². The van der Waals surface area contributed by atoms with Crippen LogP contribution in [0, 0.1) is 6.92 Å². The summed E-state index contributed by atoms with van der Waals surface area (Å²) in [6.07, 6.45) is 1.46. The van der Waals surface area contributed by atoms with Gasteiger partial charge in [0.25, 0.3) is 5.91 Å². The molecule has 1 saturated heterocycles. The molecule has 0 bridgehead atoms. The average molecular weight is 268 g/mol. The van der Waals surface area contributed by atoms with Crippen molar-refractivity contribution >= 4 is 23.4 Å². The van der Waals surface area contributed by atoms with Crippen molar-refractivity contribution in [2.24, 2.45) is 0 Å². The topological polar surface area (TPSA) is 53.5 Å². The monoisotopic (exact) mass is 267 g/mol. The molecule has 18 heavy (non-hydrogen) atoms. The van der Waals surface area contributed by atoms with Crippen LogP contribution in [0.1, 0.15) is 16.1 Å². The summed E-state index contributed by atoms with van der Waals surface area (Å²) in [5.41, 5.74) is 1.10. The first kappa shape index (κ1) is 12.8. The van der Waals surface area contributed by atoms with Gasteiger partial charge in [-0.25, -0.2) is 0 Å². The Morgan fingerprint density at radius 3 is 2.78 bits per heavy atom. The van der Waals surface area contributed by atoms with Gasteiger partial charge in [-0.15, -0.1) is 0 Å². The van der Waals surface area contributed by atoms with Crippen LogP contribution in [0.5, 0.6) is 0 Å². The number of aromatic nitrogens is 1. The van der Waals surface area contributed by atoms with Crippen LogP contribution < -0.4 is 0 Å². The van der Waals surface area contributed by atoms with E-state index in [-0.39, 0.29) is 18.4 Å². The standard InChI is InChI=1S/C12H14ClN3O2/c1-8-5-10(13)9(6-14-8)12(18)16-4-3-15(2)11(17)7-16/h5-6H,3-4,7H2,1-2H3. The molecule has 0 spiro atoms. The van der Waals surface area contributed by atoms with E-state index in [9.17, 15) is 9.59 Å². The van der Waals surface area contributed by atoms with Crippen LogP contribution >= 0.6 is 11.6 Å². The van der Waals surface area contributed by atoms with Crippen molar-refractivity contribution in [2.75, 3.05) is 26.7 Å². The highest BCUT2D eigenvalue weighted by Gasteiger charge is 2.26. The second-order valence-corrected chi connectivity index (χ2v) is 4.75. The molecule has 2 amide bonds. The lowest BCUT2D eigenvalue weighted by atomic mass is 10.2. The summed E-state index contributed by atoms with van der Waals surface area (Å²) in [7, 11) is 1.73. The number of nitrogens with zero attached hydrogens (tertiary/aromatic N) is 3. The molecule has 1 aliphatic heterocycles. The van der Waals surface area contributed by atoms with E-state index in [0.29, 0.717) is 23.7 Å². The molecule has 0 unspecified atom stereocenters. The second-order valence-electron chi connectivity index (χ2n) is 4.35. The fourth-order valence-electron chi connectivity index (χ4n) is 1.79. The number of pyridine rings is 1. The number of amides is 2. The predicted molar refractivity (Wildman–Crippen MR) is 67.5 cm³/mol. The predicted octanol–water partition coefficient (Wildman–Crippen LogP) is 0.958. The van der Waals surface area contributed by atoms with Crippen LogP contribution in [0.4, 0.5) is 0 Å². The Bertz CT molecular complexity index is 504. The van der Waals surface area contributed by atoms with Crippen molar-refractivity contribution in [3.8, 4) is 0 Å². The number of aryl methyl sites for hydroxylation is 1. The van der Waals surface area contributed by atoms with Gasteiger partial charge in [0.2, 0.25) is 5.91 Å². The third kappa shape index (κ3) is 2.46. The fourth-order valence-corrected chi connectivity index (χ4v) is 2.07. The second kappa shape index (κ2) is 4.94. The highest BCUT2D eigenvalue weighted by molar-refractivity contribution is 6.33. The van der Waals surface area contributed by atoms with Gasteiger partial charge in [-0.05, 0) is 13.0 Å². The quantitative estimate of drug-likeness (QED) is 0.762. The maximum Gasteiger partial charge on any atom is 0.257 e. The number of likely N-dealkylation sites (N-methyl/N-ethyl adjacent to an activating group) is 1. The number of carbonyl (C=O) groups excluding carboxylic acids is 2. The Kier molecular flexibility index (Phi) is 3.52. The number of hydrogen-bond donors (Lipinski definition) is 0. The Hall–Kier alpha value is -1.62. The van der Waals surface area contributed by atoms with Crippen LogP contribution in [0.3, 0.4) is 0 Å². The molecule has 0 saturated carbocycles. The van der Waals surface area contributed by atoms with Crippen LogP contribution in [-0.2, 0) is 4.79 Å². The molecule has 0 aromatic carbocycles. The van der Waals surface area contributed by atoms with E-state index >= 15 is 0 Å². The molecule has 96 valence electrons. The van der Waals surface area contributed by atoms with Crippen molar-refractivity contribution in [3.05, 3.63) is 28.5 Å². The molecule has 0 atom stereocenters. The van der Waals surface area contributed by atoms with Crippen LogP contribution in [0.15, 0.2) is 12.3 Å². The number of carbonyl (C=O) groups is 2. The summed E-state index contributed by atoms with van der Waals surface area (Å²) >= 11 is 6.03. The minimum atomic E-state index is -0.242. The summed E-state index contributed by atoms with van der Waals surface area (Å²) in [5, 5.41) is 0.374. The minimum absolute atomic E-state index is 0.0641. The van der Waals surface area contributed by atoms with E-state index in [1.807, 2.05) is 0 Å². The summed E-state index contributed by atoms with van der Waals surface area (Å²) in [5.74, 6) is -0.306. The highest BCUT2D eigenvalue weighted by atomic mass is 35.5. The Balaban J connectivity index is 2.19. The molecule has 0 radical (unpaired) electrons. The third-order valence-electron chi connectivity index (χ3n) is 2.97. The summed E-state index contributed by atoms with van der Waals surface area (Å²) in [6.45, 7) is 2.96. The van der Waals surface area contributed by atoms with Gasteiger partial charge in [-0.3, -0.25) is 14.6 Å². The van der Waals surface area contributed by atoms with Crippen molar-refractivity contribution in [3.63, 3.8) is 0 Å². The molecule has 1 aromatic heterocycles. The van der Waals surface area contributed by atoms with Gasteiger partial charge in [0.05, 0.1) is 10.6 Å². The molecule has 0 N–H and O–H groups in total. The zero-order chi connectivity index (χ0) is 13.3. The molecule has 1 aliphatic rings. The summed E-state index contributed by atoms with van der Waals surface area (Å²) < 4.78 is 0. The highest BCUT2D eigenvalue weighted by Crippen LogP contribution is 2.18. The van der Waals surface area contributed by atoms with E-state index in [4.69, 9.17) is 11.6 Å². The van der Waals surface area contributed by atoms with Crippen LogP contribution in [0.2, 0.25) is 5.02 Å². The maximum absolute atomic E-state index is 12.2. The molecular formula is C12H14ClN3O2. The number of hydrogen-bond acceptors (Lipinski definition) is 3. The number of rotatable bonds is 1. The van der Waals surface area contributed by atoms with E-state index in [1.54, 1.807) is 24.9 Å². The van der Waals surface area contributed by atoms with Crippen molar-refractivity contribution in [2.45, 2.75) is 6.92 Å². The Morgan fingerprint density at radius 2 is 2.17 bits per heavy atom. The first-order valence-electron chi connectivity index (χ1n) is 5.64. The SMILES string of the molecule is Cc1cc(Cl)c(C(=O)N2CCN(C)C(=O)C2)cn1. The zero-order valence-corrected chi connectivity index (χ0v) is 11.1. The smallest absolute Gasteiger partial charge is 0.257 e. The summed E-state index contributed by atoms with van der Waals surface area (Å²) in [4.78, 5) is 31.0. The molecule has 5 nitrogen and oxygen atoms in total. The van der Waals surface area contributed by atoms with E-state index < -0.39 is 0 Å². The van der Waals surface area contributed by atoms with Crippen LogP contribution in [-0.4, -0.2) is 53.3 Å². The summed E-state index contributed by atoms with van der Waals surface area (Å²) in [6, 6.07) is 1.65. The molecule has 0 aliphatic carbocycles. The first-order valence-corrected chi connectivity index (χ1v) is 6.02. The lowest BCUT2D eigenvalue weighted by Crippen LogP contribution is -2.50. The van der Waals surface area contributed by atoms with E-state index in [1.165, 1.54) is 11.1 Å². The Labute approximate surface area is 110 Å². The number of halogens is 1. The molecule has 2 heterocycles.